The van der Waals surface area contributed by atoms with Gasteiger partial charge in [-0.05, 0) is 17.7 Å². The number of aryl methyl sites for hydroxylation is 1. The van der Waals surface area contributed by atoms with Crippen LogP contribution in [0, 0.1) is 0 Å². The van der Waals surface area contributed by atoms with E-state index in [1.807, 2.05) is 37.4 Å². The smallest absolute Gasteiger partial charge is 0.282 e. The van der Waals surface area contributed by atoms with E-state index in [4.69, 9.17) is 16.3 Å². The van der Waals surface area contributed by atoms with Crippen LogP contribution < -0.4 is 10.1 Å². The molecule has 0 aliphatic heterocycles. The van der Waals surface area contributed by atoms with Crippen LogP contribution in [0.15, 0.2) is 41.1 Å². The Hall–Kier alpha value is -2.26. The largest absolute Gasteiger partial charge is 0.475 e. The molecule has 10 heteroatoms. The maximum Gasteiger partial charge on any atom is 0.282 e. The molecule has 1 N–H and O–H groups in total. The van der Waals surface area contributed by atoms with Gasteiger partial charge in [0, 0.05) is 17.6 Å². The Morgan fingerprint density at radius 1 is 1.26 bits per heavy atom. The number of nitrogens with one attached hydrogen (secondary N) is 1. The third-order valence-electron chi connectivity index (χ3n) is 3.66. The molecule has 3 rings (SSSR count). The van der Waals surface area contributed by atoms with Gasteiger partial charge in [0.05, 0.1) is 12.2 Å². The van der Waals surface area contributed by atoms with E-state index in [-0.39, 0.29) is 17.4 Å². The van der Waals surface area contributed by atoms with Crippen LogP contribution in [0.2, 0.25) is 5.02 Å². The maximum absolute atomic E-state index is 12.8. The van der Waals surface area contributed by atoms with Gasteiger partial charge in [-0.3, -0.25) is 4.68 Å². The second kappa shape index (κ2) is 8.62. The Balaban J connectivity index is 1.58. The lowest BCUT2D eigenvalue weighted by atomic mass is 10.1. The Morgan fingerprint density at radius 3 is 2.70 bits per heavy atom. The summed E-state index contributed by atoms with van der Waals surface area (Å²) in [5.41, 5.74) is 1.42. The molecule has 6 nitrogen and oxygen atoms in total. The van der Waals surface area contributed by atoms with Gasteiger partial charge in [-0.2, -0.15) is 0 Å². The normalized spacial score (nSPS) is 11.0. The van der Waals surface area contributed by atoms with Crippen LogP contribution in [0.3, 0.4) is 0 Å². The Bertz CT molecular complexity index is 920. The summed E-state index contributed by atoms with van der Waals surface area (Å²) in [5, 5.41) is 6.98. The second-order valence-corrected chi connectivity index (χ2v) is 6.79. The van der Waals surface area contributed by atoms with Gasteiger partial charge in [-0.1, -0.05) is 39.7 Å². The third kappa shape index (κ3) is 4.72. The molecule has 0 saturated heterocycles. The van der Waals surface area contributed by atoms with Crippen LogP contribution in [-0.2, 0) is 7.05 Å². The zero-order chi connectivity index (χ0) is 19.4. The monoisotopic (exact) mass is 457 g/mol. The van der Waals surface area contributed by atoms with Gasteiger partial charge in [-0.15, -0.1) is 5.10 Å². The maximum atomic E-state index is 12.8. The van der Waals surface area contributed by atoms with Gasteiger partial charge in [0.2, 0.25) is 5.88 Å². The van der Waals surface area contributed by atoms with E-state index < -0.39 is 12.1 Å². The topological polar surface area (TPSA) is 64.9 Å². The molecule has 0 saturated carbocycles. The van der Waals surface area contributed by atoms with Crippen molar-refractivity contribution in [1.29, 1.82) is 0 Å². The highest BCUT2D eigenvalue weighted by atomic mass is 79.9. The van der Waals surface area contributed by atoms with Crippen molar-refractivity contribution in [3.05, 3.63) is 51.8 Å². The first-order chi connectivity index (χ1) is 13.0. The fourth-order valence-electron chi connectivity index (χ4n) is 2.39. The van der Waals surface area contributed by atoms with Crippen molar-refractivity contribution in [3.63, 3.8) is 0 Å². The quantitative estimate of drug-likeness (QED) is 0.519. The first-order valence-corrected chi connectivity index (χ1v) is 9.08. The molecule has 0 spiro atoms. The van der Waals surface area contributed by atoms with Crippen molar-refractivity contribution in [2.24, 2.45) is 7.05 Å². The van der Waals surface area contributed by atoms with Crippen LogP contribution >= 0.6 is 27.5 Å². The summed E-state index contributed by atoms with van der Waals surface area (Å²) >= 11 is 9.28. The first-order valence-electron chi connectivity index (χ1n) is 7.91. The fraction of sp³-hybridized carbons (Fsp3) is 0.235. The highest BCUT2D eigenvalue weighted by Gasteiger charge is 2.17. The van der Waals surface area contributed by atoms with Gasteiger partial charge >= 0.3 is 0 Å². The highest BCUT2D eigenvalue weighted by molar-refractivity contribution is 9.10. The molecular weight excluding hydrogens is 444 g/mol. The minimum absolute atomic E-state index is 0.141. The van der Waals surface area contributed by atoms with E-state index in [9.17, 15) is 8.78 Å². The molecule has 0 aliphatic rings. The predicted octanol–water partition coefficient (Wildman–Crippen LogP) is 4.72. The van der Waals surface area contributed by atoms with Gasteiger partial charge in [0.1, 0.15) is 29.5 Å². The second-order valence-electron chi connectivity index (χ2n) is 5.50. The average Bonchev–Trinajstić information content (AvgIpc) is 3.01. The lowest BCUT2D eigenvalue weighted by molar-refractivity contribution is 0.146. The highest BCUT2D eigenvalue weighted by Crippen LogP contribution is 2.29. The number of aromatic nitrogens is 4. The van der Waals surface area contributed by atoms with E-state index in [0.29, 0.717) is 12.4 Å². The number of rotatable bonds is 7. The molecule has 0 bridgehead atoms. The molecule has 3 aromatic rings. The Kier molecular flexibility index (Phi) is 6.22. The van der Waals surface area contributed by atoms with Gasteiger partial charge in [0.15, 0.2) is 0 Å². The van der Waals surface area contributed by atoms with Gasteiger partial charge in [-0.25, -0.2) is 18.7 Å². The Labute approximate surface area is 167 Å². The van der Waals surface area contributed by atoms with Crippen LogP contribution in [0.1, 0.15) is 12.1 Å². The van der Waals surface area contributed by atoms with E-state index in [1.165, 1.54) is 0 Å². The number of nitrogens with zero attached hydrogens (tertiary/aromatic N) is 4. The average molecular weight is 459 g/mol. The number of hydrogen-bond acceptors (Lipinski definition) is 5. The van der Waals surface area contributed by atoms with Crippen molar-refractivity contribution in [3.8, 4) is 17.1 Å². The molecule has 0 amide bonds. The molecular formula is C17H15BrClF2N5O. The predicted molar refractivity (Wildman–Crippen MR) is 102 cm³/mol. The minimum atomic E-state index is -2.76. The lowest BCUT2D eigenvalue weighted by Gasteiger charge is -2.09. The van der Waals surface area contributed by atoms with Crippen LogP contribution in [0.5, 0.6) is 5.88 Å². The summed E-state index contributed by atoms with van der Waals surface area (Å²) in [6.45, 7) is 0.560. The minimum Gasteiger partial charge on any atom is -0.475 e. The lowest BCUT2D eigenvalue weighted by Crippen LogP contribution is -2.13. The number of alkyl halides is 2. The molecule has 0 aliphatic carbocycles. The van der Waals surface area contributed by atoms with Crippen molar-refractivity contribution >= 4 is 33.3 Å². The molecule has 1 aromatic carbocycles. The van der Waals surface area contributed by atoms with Crippen molar-refractivity contribution < 1.29 is 13.5 Å². The Morgan fingerprint density at radius 2 is 2.00 bits per heavy atom. The van der Waals surface area contributed by atoms with Crippen LogP contribution in [-0.4, -0.2) is 32.9 Å². The zero-order valence-electron chi connectivity index (χ0n) is 14.2. The van der Waals surface area contributed by atoms with E-state index >= 15 is 0 Å². The summed E-state index contributed by atoms with van der Waals surface area (Å²) in [4.78, 5) is 7.35. The first kappa shape index (κ1) is 19.5. The van der Waals surface area contributed by atoms with Gasteiger partial charge in [0.25, 0.3) is 6.43 Å². The fourth-order valence-corrected chi connectivity index (χ4v) is 2.90. The molecule has 0 fully saturated rings. The molecule has 2 heterocycles. The number of ether oxygens (including phenoxy) is 1. The van der Waals surface area contributed by atoms with Crippen molar-refractivity contribution in [2.45, 2.75) is 6.43 Å². The van der Waals surface area contributed by atoms with Gasteiger partial charge < -0.3 is 10.1 Å². The molecule has 0 radical (unpaired) electrons. The summed E-state index contributed by atoms with van der Waals surface area (Å²) in [7, 11) is 1.83. The van der Waals surface area contributed by atoms with Crippen LogP contribution in [0.4, 0.5) is 14.6 Å². The molecule has 2 aromatic heterocycles. The van der Waals surface area contributed by atoms with Crippen LogP contribution in [0.25, 0.3) is 11.3 Å². The zero-order valence-corrected chi connectivity index (χ0v) is 16.5. The number of benzene rings is 1. The van der Waals surface area contributed by atoms with E-state index in [0.717, 1.165) is 22.1 Å². The number of hydrogen-bond donors (Lipinski definition) is 1. The summed E-state index contributed by atoms with van der Waals surface area (Å²) < 4.78 is 33.9. The SMILES string of the molecule is Cn1nc(OCCNc2ncnc(C(F)F)c2Cl)cc1-c1ccc(Br)cc1. The van der Waals surface area contributed by atoms with Crippen molar-refractivity contribution in [2.75, 3.05) is 18.5 Å². The molecule has 0 unspecified atom stereocenters. The summed E-state index contributed by atoms with van der Waals surface area (Å²) in [6.07, 6.45) is -1.72. The molecule has 0 atom stereocenters. The standard InChI is InChI=1S/C17H15BrClF2N5O/c1-26-12(10-2-4-11(18)5-3-10)8-13(25-26)27-7-6-22-17-14(19)15(16(20)21)23-9-24-17/h2-5,8-9,16H,6-7H2,1H3,(H,22,23,24). The molecule has 142 valence electrons. The van der Waals surface area contributed by atoms with E-state index in [1.54, 1.807) is 4.68 Å². The third-order valence-corrected chi connectivity index (χ3v) is 4.57. The summed E-state index contributed by atoms with van der Waals surface area (Å²) in [6, 6.07) is 9.68. The van der Waals surface area contributed by atoms with Crippen molar-refractivity contribution in [1.82, 2.24) is 19.7 Å². The number of halogens is 4. The molecule has 27 heavy (non-hydrogen) atoms. The number of anilines is 1. The summed E-state index contributed by atoms with van der Waals surface area (Å²) in [5.74, 6) is 0.599. The van der Waals surface area contributed by atoms with E-state index in [2.05, 4.69) is 36.3 Å².